The smallest absolute Gasteiger partial charge is 0.0918 e. The van der Waals surface area contributed by atoms with E-state index in [-0.39, 0.29) is 0 Å². The number of hydrogen-bond donors (Lipinski definition) is 0. The first kappa shape index (κ1) is 20.3. The Balaban J connectivity index is 1.78. The number of alkyl halides is 2. The lowest BCUT2D eigenvalue weighted by Gasteiger charge is -2.49. The van der Waals surface area contributed by atoms with Crippen LogP contribution in [0.15, 0.2) is 96.1 Å². The topological polar surface area (TPSA) is 0 Å². The molecule has 2 heteroatoms. The number of rotatable bonds is 4. The minimum Gasteiger partial charge on any atom is -0.109 e. The van der Waals surface area contributed by atoms with Crippen molar-refractivity contribution >= 4 is 34.3 Å². The number of benzene rings is 2. The van der Waals surface area contributed by atoms with Crippen LogP contribution in [0.2, 0.25) is 0 Å². The van der Waals surface area contributed by atoms with Gasteiger partial charge in [-0.05, 0) is 47.3 Å². The summed E-state index contributed by atoms with van der Waals surface area (Å²) in [5.74, 6) is 0. The molecular weight excluding hydrogens is 395 g/mol. The largest absolute Gasteiger partial charge is 0.109 e. The number of halogens is 2. The molecule has 2 aliphatic carbocycles. The van der Waals surface area contributed by atoms with Crippen LogP contribution in [0.1, 0.15) is 38.8 Å². The molecule has 0 saturated heterocycles. The van der Waals surface area contributed by atoms with Gasteiger partial charge in [0.1, 0.15) is 0 Å². The summed E-state index contributed by atoms with van der Waals surface area (Å²) >= 11 is 14.8. The molecular formula is C27H26Cl2. The summed E-state index contributed by atoms with van der Waals surface area (Å²) in [5.41, 5.74) is 6.43. The Labute approximate surface area is 184 Å². The van der Waals surface area contributed by atoms with Gasteiger partial charge in [0.2, 0.25) is 0 Å². The fourth-order valence-corrected chi connectivity index (χ4v) is 5.31. The molecule has 2 aromatic rings. The molecule has 0 spiro atoms. The van der Waals surface area contributed by atoms with Crippen LogP contribution in [0.25, 0.3) is 11.1 Å². The number of hydrogen-bond acceptors (Lipinski definition) is 0. The molecule has 29 heavy (non-hydrogen) atoms. The van der Waals surface area contributed by atoms with Gasteiger partial charge in [-0.15, -0.1) is 23.2 Å². The standard InChI is InChI=1S/C27H26Cl2/c1-19-15-23(21-11-7-5-8-12-21)17-26(19,28)25(3,4)27(29)18-24(16-20(27)2)22-13-9-6-10-14-22/h5-18H,1-4H3. The first-order valence-corrected chi connectivity index (χ1v) is 10.8. The van der Waals surface area contributed by atoms with E-state index in [1.54, 1.807) is 0 Å². The third-order valence-corrected chi connectivity index (χ3v) is 8.39. The maximum Gasteiger partial charge on any atom is 0.0918 e. The molecule has 0 heterocycles. The lowest BCUT2D eigenvalue weighted by molar-refractivity contribution is 0.275. The highest BCUT2D eigenvalue weighted by Gasteiger charge is 2.58. The van der Waals surface area contributed by atoms with Crippen LogP contribution in [0, 0.1) is 5.41 Å². The molecule has 2 unspecified atom stereocenters. The van der Waals surface area contributed by atoms with Crippen molar-refractivity contribution in [3.63, 3.8) is 0 Å². The van der Waals surface area contributed by atoms with Gasteiger partial charge in [0.25, 0.3) is 0 Å². The van der Waals surface area contributed by atoms with Crippen molar-refractivity contribution in [1.29, 1.82) is 0 Å². The Morgan fingerprint density at radius 3 is 1.31 bits per heavy atom. The highest BCUT2D eigenvalue weighted by molar-refractivity contribution is 6.34. The second kappa shape index (κ2) is 7.04. The molecule has 2 aromatic carbocycles. The van der Waals surface area contributed by atoms with Crippen LogP contribution in [-0.4, -0.2) is 9.75 Å². The van der Waals surface area contributed by atoms with E-state index >= 15 is 0 Å². The third-order valence-electron chi connectivity index (χ3n) is 6.63. The lowest BCUT2D eigenvalue weighted by Crippen LogP contribution is -2.51. The Morgan fingerprint density at radius 2 is 0.966 bits per heavy atom. The molecule has 2 aliphatic rings. The van der Waals surface area contributed by atoms with Crippen LogP contribution >= 0.6 is 23.2 Å². The molecule has 0 nitrogen and oxygen atoms in total. The van der Waals surface area contributed by atoms with Gasteiger partial charge in [-0.3, -0.25) is 0 Å². The van der Waals surface area contributed by atoms with Crippen molar-refractivity contribution in [2.24, 2.45) is 5.41 Å². The maximum absolute atomic E-state index is 7.40. The van der Waals surface area contributed by atoms with Crippen molar-refractivity contribution in [2.75, 3.05) is 0 Å². The first-order valence-electron chi connectivity index (χ1n) is 10.0. The molecule has 0 bridgehead atoms. The average molecular weight is 421 g/mol. The van der Waals surface area contributed by atoms with Crippen LogP contribution < -0.4 is 0 Å². The zero-order chi connectivity index (χ0) is 20.9. The molecule has 0 radical (unpaired) electrons. The molecule has 0 aliphatic heterocycles. The summed E-state index contributed by atoms with van der Waals surface area (Å²) in [6.07, 6.45) is 8.76. The highest BCUT2D eigenvalue weighted by atomic mass is 35.5. The Hall–Kier alpha value is -2.02. The Bertz CT molecular complexity index is 969. The summed E-state index contributed by atoms with van der Waals surface area (Å²) in [6, 6.07) is 20.8. The predicted molar refractivity (Wildman–Crippen MR) is 127 cm³/mol. The summed E-state index contributed by atoms with van der Waals surface area (Å²) < 4.78 is 0. The molecule has 2 atom stereocenters. The summed E-state index contributed by atoms with van der Waals surface area (Å²) in [7, 11) is 0. The first-order chi connectivity index (χ1) is 13.7. The van der Waals surface area contributed by atoms with Gasteiger partial charge in [-0.1, -0.05) is 98.8 Å². The zero-order valence-electron chi connectivity index (χ0n) is 17.3. The molecule has 4 rings (SSSR count). The van der Waals surface area contributed by atoms with Crippen LogP contribution in [0.5, 0.6) is 0 Å². The van der Waals surface area contributed by atoms with Gasteiger partial charge in [-0.2, -0.15) is 0 Å². The van der Waals surface area contributed by atoms with Crippen molar-refractivity contribution < 1.29 is 0 Å². The summed E-state index contributed by atoms with van der Waals surface area (Å²) in [4.78, 5) is -1.37. The van der Waals surface area contributed by atoms with Crippen molar-refractivity contribution in [3.05, 3.63) is 107 Å². The van der Waals surface area contributed by atoms with Crippen LogP contribution in [-0.2, 0) is 0 Å². The molecule has 0 amide bonds. The van der Waals surface area contributed by atoms with E-state index in [1.165, 1.54) is 11.1 Å². The van der Waals surface area contributed by atoms with Gasteiger partial charge in [0.15, 0.2) is 0 Å². The highest BCUT2D eigenvalue weighted by Crippen LogP contribution is 2.60. The molecule has 148 valence electrons. The van der Waals surface area contributed by atoms with E-state index in [0.29, 0.717) is 0 Å². The minimum atomic E-state index is -0.683. The second-order valence-corrected chi connectivity index (χ2v) is 9.83. The van der Waals surface area contributed by atoms with Crippen molar-refractivity contribution in [2.45, 2.75) is 37.4 Å². The van der Waals surface area contributed by atoms with E-state index in [9.17, 15) is 0 Å². The molecule has 0 fully saturated rings. The fourth-order valence-electron chi connectivity index (χ4n) is 4.62. The average Bonchev–Trinajstić information content (AvgIpc) is 3.21. The Morgan fingerprint density at radius 1 is 0.621 bits per heavy atom. The summed E-state index contributed by atoms with van der Waals surface area (Å²) in [5, 5.41) is 0. The van der Waals surface area contributed by atoms with Crippen molar-refractivity contribution in [1.82, 2.24) is 0 Å². The lowest BCUT2D eigenvalue weighted by atomic mass is 9.65. The predicted octanol–water partition coefficient (Wildman–Crippen LogP) is 8.05. The van der Waals surface area contributed by atoms with Gasteiger partial charge in [0, 0.05) is 5.41 Å². The fraction of sp³-hybridized carbons (Fsp3) is 0.259. The van der Waals surface area contributed by atoms with Crippen molar-refractivity contribution in [3.8, 4) is 0 Å². The monoisotopic (exact) mass is 420 g/mol. The quantitative estimate of drug-likeness (QED) is 0.438. The molecule has 0 N–H and O–H groups in total. The Kier molecular flexibility index (Phi) is 4.92. The van der Waals surface area contributed by atoms with Gasteiger partial charge in [0.05, 0.1) is 9.75 Å². The van der Waals surface area contributed by atoms with Crippen LogP contribution in [0.4, 0.5) is 0 Å². The van der Waals surface area contributed by atoms with E-state index in [2.05, 4.69) is 101 Å². The summed E-state index contributed by atoms with van der Waals surface area (Å²) in [6.45, 7) is 8.57. The van der Waals surface area contributed by atoms with E-state index < -0.39 is 15.2 Å². The van der Waals surface area contributed by atoms with E-state index in [4.69, 9.17) is 23.2 Å². The normalized spacial score (nSPS) is 26.7. The second-order valence-electron chi connectivity index (χ2n) is 8.63. The van der Waals surface area contributed by atoms with Crippen LogP contribution in [0.3, 0.4) is 0 Å². The van der Waals surface area contributed by atoms with E-state index in [1.807, 2.05) is 12.1 Å². The van der Waals surface area contributed by atoms with Gasteiger partial charge in [-0.25, -0.2) is 0 Å². The SMILES string of the molecule is CC1=CC(c2ccccc2)=CC1(Cl)C(C)(C)C1(Cl)C=C(c2ccccc2)C=C1C. The maximum atomic E-state index is 7.40. The molecule has 0 aromatic heterocycles. The third kappa shape index (κ3) is 3.05. The molecule has 0 saturated carbocycles. The van der Waals surface area contributed by atoms with E-state index in [0.717, 1.165) is 22.3 Å². The van der Waals surface area contributed by atoms with Gasteiger partial charge < -0.3 is 0 Å². The zero-order valence-corrected chi connectivity index (χ0v) is 18.9. The minimum absolute atomic E-state index is 0.461. The van der Waals surface area contributed by atoms with Gasteiger partial charge >= 0.3 is 0 Å². The number of allylic oxidation sites excluding steroid dienone is 8.